The van der Waals surface area contributed by atoms with Crippen molar-refractivity contribution < 1.29 is 4.80 Å². The molecule has 1 aromatic rings. The molecule has 2 aliphatic carbocycles. The maximum Gasteiger partial charge on any atom is 0.310 e. The number of hydrogen-bond acceptors (Lipinski definition) is 9. The number of nitrogens with one attached hydrogen (secondary N) is 1. The van der Waals surface area contributed by atoms with Crippen LogP contribution in [0.2, 0.25) is 0 Å². The van der Waals surface area contributed by atoms with Gasteiger partial charge < -0.3 is 0 Å². The molecule has 568 valence electrons. The first-order valence-corrected chi connectivity index (χ1v) is 34.5. The second-order valence-electron chi connectivity index (χ2n) is 29.8. The van der Waals surface area contributed by atoms with Gasteiger partial charge in [-0.1, -0.05) is 326 Å². The normalized spacial score (nSPS) is 15.3. The standard InChI is InChI=1S/2C11H18.3C10H17N.2C9H16N2.C7H14N4.9CH4/c2*1-8(2)10-5-6-11(7-10)9(3)4;2*1-7(2)9-5-10(8(3)4)11-6-9;1-7(2)9-5-6-10(11-9)8(3)4;1-6(2)8-5-10-9(11-8)7(3)4;1-6(2)8-5-9(7(3)4)11-10-8;1-5(2)7-8-10-11(9-7)6(3)4;;;;;;;;;/h5,7-9H,6H2,1-4H3;5-6,8-9H,7H2,1-4H3;6-8H,5H2,1-4H3;2*5,7-8H,6H2,1-4H3;2*6-7H,5H2,1-4H3;5-6H,1-4H3;9*1H4/p+1. The van der Waals surface area contributed by atoms with E-state index in [1.54, 1.807) is 21.5 Å². The number of amidine groups is 1. The molecular formula is C86H170N11+. The lowest BCUT2D eigenvalue weighted by Crippen LogP contribution is -2.41. The molecule has 0 radical (unpaired) electrons. The zero-order valence-electron chi connectivity index (χ0n) is 62.7. The van der Waals surface area contributed by atoms with Crippen molar-refractivity contribution in [2.45, 2.75) is 332 Å². The molecule has 11 heteroatoms. The summed E-state index contributed by atoms with van der Waals surface area (Å²) in [5.74, 6) is 11.0. The van der Waals surface area contributed by atoms with E-state index >= 15 is 0 Å². The molecule has 0 fully saturated rings. The third-order valence-corrected chi connectivity index (χ3v) is 16.4. The first-order valence-electron chi connectivity index (χ1n) is 34.5. The molecule has 0 saturated heterocycles. The second kappa shape index (κ2) is 55.7. The van der Waals surface area contributed by atoms with Crippen LogP contribution in [0.3, 0.4) is 0 Å². The van der Waals surface area contributed by atoms with Crippen LogP contribution in [0.15, 0.2) is 117 Å². The Morgan fingerprint density at radius 1 is 0.351 bits per heavy atom. The van der Waals surface area contributed by atoms with Crippen molar-refractivity contribution >= 4 is 40.1 Å². The number of tetrazole rings is 1. The minimum atomic E-state index is 0. The van der Waals surface area contributed by atoms with E-state index in [1.807, 2.05) is 6.20 Å². The highest BCUT2D eigenvalue weighted by Gasteiger charge is 2.21. The lowest BCUT2D eigenvalue weighted by Gasteiger charge is -2.10. The minimum absolute atomic E-state index is 0. The molecule has 0 atom stereocenters. The number of allylic oxidation sites excluding steroid dienone is 12. The van der Waals surface area contributed by atoms with Crippen LogP contribution in [-0.4, -0.2) is 68.6 Å². The highest BCUT2D eigenvalue weighted by atomic mass is 15.6. The van der Waals surface area contributed by atoms with Crippen molar-refractivity contribution in [2.75, 3.05) is 13.1 Å². The summed E-state index contributed by atoms with van der Waals surface area (Å²) in [6, 6.07) is 0.356. The topological polar surface area (TPSA) is 132 Å². The van der Waals surface area contributed by atoms with Crippen LogP contribution in [0.4, 0.5) is 0 Å². The summed E-state index contributed by atoms with van der Waals surface area (Å²) in [7, 11) is 0. The Hall–Kier alpha value is -5.06. The number of hydrogen-bond donors (Lipinski definition) is 1. The molecule has 0 unspecified atom stereocenters. The highest BCUT2D eigenvalue weighted by Crippen LogP contribution is 2.30. The van der Waals surface area contributed by atoms with Gasteiger partial charge in [0.2, 0.25) is 0 Å². The van der Waals surface area contributed by atoms with Gasteiger partial charge in [0, 0.05) is 77.3 Å². The average Bonchev–Trinajstić information content (AvgIpc) is 1.94. The maximum absolute atomic E-state index is 4.56. The smallest absolute Gasteiger partial charge is 0.285 e. The summed E-state index contributed by atoms with van der Waals surface area (Å²) in [6.07, 6.45) is 21.4. The quantitative estimate of drug-likeness (QED) is 0.165. The molecule has 0 saturated carbocycles. The molecular weight excluding hydrogens is 1190 g/mol. The van der Waals surface area contributed by atoms with E-state index in [-0.39, 0.29) is 66.8 Å². The first-order chi connectivity index (χ1) is 40.9. The Balaban J connectivity index is -0.000000129. The zero-order valence-corrected chi connectivity index (χ0v) is 62.7. The largest absolute Gasteiger partial charge is 0.310 e. The van der Waals surface area contributed by atoms with Crippen molar-refractivity contribution in [3.05, 3.63) is 87.6 Å². The second-order valence-corrected chi connectivity index (χ2v) is 29.8. The van der Waals surface area contributed by atoms with Crippen molar-refractivity contribution in [3.8, 4) is 0 Å². The van der Waals surface area contributed by atoms with Crippen molar-refractivity contribution in [3.63, 3.8) is 0 Å². The van der Waals surface area contributed by atoms with Crippen molar-refractivity contribution in [1.29, 1.82) is 0 Å². The molecule has 5 aliphatic heterocycles. The average molecular weight is 1360 g/mol. The van der Waals surface area contributed by atoms with Crippen LogP contribution in [0.1, 0.15) is 338 Å². The molecule has 0 spiro atoms. The Labute approximate surface area is 608 Å². The zero-order chi connectivity index (χ0) is 67.4. The summed E-state index contributed by atoms with van der Waals surface area (Å²) >= 11 is 0. The SMILES string of the molecule is C.C.C.C.C.C.C.C.C.CC(C)C1=CC(C(C)C)=NC1.CC(C)C1=CC=C(C(C)C)C1.CC(C)C1=CCC(C(C)C)=C1.CC(C)C1=CCC(C(C)C)=N1.CC(C)C1=CN=C(C(C)C)C1.CC(C)C1=NC(C(C)C)=NC1.CC(C)C1=NN=C(C(C)C)C1.CC(C)c1n[nH][n+](C(C)C)n1. The Bertz CT molecular complexity index is 2340. The molecule has 0 amide bonds. The summed E-state index contributed by atoms with van der Waals surface area (Å²) < 4.78 is 0. The van der Waals surface area contributed by atoms with Gasteiger partial charge in [0.1, 0.15) is 11.9 Å². The molecule has 7 aliphatic rings. The molecule has 8 rings (SSSR count). The van der Waals surface area contributed by atoms with Gasteiger partial charge in [0.25, 0.3) is 0 Å². The minimum Gasteiger partial charge on any atom is -0.285 e. The van der Waals surface area contributed by atoms with E-state index < -0.39 is 0 Å². The first kappa shape index (κ1) is 111. The predicted octanol–water partition coefficient (Wildman–Crippen LogP) is 27.0. The Morgan fingerprint density at radius 3 is 1.03 bits per heavy atom. The van der Waals surface area contributed by atoms with Crippen molar-refractivity contribution in [2.24, 2.45) is 118 Å². The van der Waals surface area contributed by atoms with Gasteiger partial charge in [-0.15, -0.1) is 0 Å². The highest BCUT2D eigenvalue weighted by molar-refractivity contribution is 6.08. The van der Waals surface area contributed by atoms with E-state index in [0.717, 1.165) is 61.8 Å². The summed E-state index contributed by atoms with van der Waals surface area (Å²) in [6.45, 7) is 71.9. The van der Waals surface area contributed by atoms with Gasteiger partial charge in [0.15, 0.2) is 0 Å². The lowest BCUT2D eigenvalue weighted by atomic mass is 9.95. The molecule has 1 aromatic heterocycles. The summed E-state index contributed by atoms with van der Waals surface area (Å²) in [5, 5.41) is 19.5. The molecule has 0 bridgehead atoms. The van der Waals surface area contributed by atoms with Crippen LogP contribution in [0.5, 0.6) is 0 Å². The molecule has 6 heterocycles. The van der Waals surface area contributed by atoms with E-state index in [0.29, 0.717) is 77.1 Å². The monoisotopic (exact) mass is 1360 g/mol. The Kier molecular flexibility index (Phi) is 63.5. The van der Waals surface area contributed by atoms with Crippen LogP contribution in [0, 0.1) is 82.9 Å². The molecule has 11 nitrogen and oxygen atoms in total. The fourth-order valence-corrected chi connectivity index (χ4v) is 9.02. The number of H-pyrrole nitrogens is 1. The summed E-state index contributed by atoms with van der Waals surface area (Å²) in [5.41, 5.74) is 18.2. The van der Waals surface area contributed by atoms with Gasteiger partial charge >= 0.3 is 5.82 Å². The van der Waals surface area contributed by atoms with Crippen LogP contribution >= 0.6 is 0 Å². The summed E-state index contributed by atoms with van der Waals surface area (Å²) in [4.78, 5) is 24.0. The third kappa shape index (κ3) is 42.0. The van der Waals surface area contributed by atoms with Crippen LogP contribution < -0.4 is 4.80 Å². The predicted molar refractivity (Wildman–Crippen MR) is 451 cm³/mol. The number of aromatic amines is 1. The van der Waals surface area contributed by atoms with E-state index in [2.05, 4.69) is 309 Å². The van der Waals surface area contributed by atoms with Crippen LogP contribution in [-0.2, 0) is 0 Å². The van der Waals surface area contributed by atoms with Gasteiger partial charge in [-0.25, -0.2) is 4.99 Å². The molecule has 0 aromatic carbocycles. The Morgan fingerprint density at radius 2 is 0.804 bits per heavy atom. The number of nitrogens with zero attached hydrogens (tertiary/aromatic N) is 10. The fourth-order valence-electron chi connectivity index (χ4n) is 9.02. The molecule has 97 heavy (non-hydrogen) atoms. The van der Waals surface area contributed by atoms with E-state index in [4.69, 9.17) is 0 Å². The van der Waals surface area contributed by atoms with Gasteiger partial charge in [-0.3, -0.25) is 20.0 Å². The van der Waals surface area contributed by atoms with Gasteiger partial charge in [0.05, 0.1) is 18.2 Å². The van der Waals surface area contributed by atoms with Gasteiger partial charge in [-0.05, 0) is 137 Å². The van der Waals surface area contributed by atoms with E-state index in [9.17, 15) is 0 Å². The van der Waals surface area contributed by atoms with Crippen LogP contribution in [0.25, 0.3) is 0 Å². The number of aliphatic imine (C=N–C) groups is 5. The number of aromatic nitrogens is 4. The van der Waals surface area contributed by atoms with E-state index in [1.165, 1.54) is 69.5 Å². The van der Waals surface area contributed by atoms with Gasteiger partial charge in [-0.2, -0.15) is 10.2 Å². The van der Waals surface area contributed by atoms with Crippen molar-refractivity contribution in [1.82, 2.24) is 15.4 Å². The third-order valence-electron chi connectivity index (χ3n) is 16.4. The number of rotatable bonds is 16. The fraction of sp³-hybridized carbons (Fsp3) is 0.744. The lowest BCUT2D eigenvalue weighted by molar-refractivity contribution is -0.821. The maximum atomic E-state index is 4.56. The molecule has 1 N–H and O–H groups in total.